The summed E-state index contributed by atoms with van der Waals surface area (Å²) in [6.45, 7) is 3.39. The first-order valence-corrected chi connectivity index (χ1v) is 9.29. The third kappa shape index (κ3) is 3.19. The normalized spacial score (nSPS) is 21.8. The van der Waals surface area contributed by atoms with Gasteiger partial charge in [0.05, 0.1) is 6.20 Å². The van der Waals surface area contributed by atoms with E-state index in [4.69, 9.17) is 0 Å². The largest absolute Gasteiger partial charge is 0.332 e. The Balaban J connectivity index is 1.86. The number of hydrogen-bond donors (Lipinski definition) is 1. The minimum Gasteiger partial charge on any atom is -0.332 e. The molecule has 11 heteroatoms. The van der Waals surface area contributed by atoms with E-state index >= 15 is 0 Å². The second kappa shape index (κ2) is 6.72. The predicted octanol–water partition coefficient (Wildman–Crippen LogP) is 1.01. The van der Waals surface area contributed by atoms with Crippen LogP contribution in [0.25, 0.3) is 0 Å². The van der Waals surface area contributed by atoms with Gasteiger partial charge in [-0.1, -0.05) is 0 Å². The molecule has 1 N–H and O–H groups in total. The number of piperazine rings is 1. The summed E-state index contributed by atoms with van der Waals surface area (Å²) in [6.07, 6.45) is 1.29. The van der Waals surface area contributed by atoms with Gasteiger partial charge in [-0.2, -0.15) is 19.7 Å². The molecule has 0 unspecified atom stereocenters. The van der Waals surface area contributed by atoms with Crippen LogP contribution in [0, 0.1) is 11.6 Å². The summed E-state index contributed by atoms with van der Waals surface area (Å²) in [7, 11) is -4.17. The molecule has 0 spiro atoms. The number of nitrogens with one attached hydrogen (secondary N) is 1. The lowest BCUT2D eigenvalue weighted by Crippen LogP contribution is -2.59. The molecule has 2 aromatic rings. The van der Waals surface area contributed by atoms with Gasteiger partial charge in [-0.25, -0.2) is 17.2 Å². The number of nitrogens with zero attached hydrogens (tertiary/aromatic N) is 4. The van der Waals surface area contributed by atoms with Crippen molar-refractivity contribution in [3.8, 4) is 0 Å². The Hall–Kier alpha value is -2.40. The third-order valence-corrected chi connectivity index (χ3v) is 6.32. The van der Waals surface area contributed by atoms with E-state index in [1.165, 1.54) is 11.1 Å². The maximum atomic E-state index is 14.0. The lowest BCUT2D eigenvalue weighted by atomic mass is 10.1. The number of rotatable bonds is 3. The minimum atomic E-state index is -4.17. The number of amides is 1. The van der Waals surface area contributed by atoms with Crippen LogP contribution in [0.1, 0.15) is 24.3 Å². The number of carbonyl (C=O) groups is 1. The van der Waals surface area contributed by atoms with Crippen molar-refractivity contribution >= 4 is 15.9 Å². The SMILES string of the molecule is C[C@@H]1CN(C(=O)c2cn[nH]n2)[C@@H](C)CN1S(=O)(=O)c1ccc(F)cc1F. The molecule has 140 valence electrons. The molecular formula is C15H17F2N5O3S. The maximum absolute atomic E-state index is 14.0. The minimum absolute atomic E-state index is 0.0239. The lowest BCUT2D eigenvalue weighted by molar-refractivity contribution is 0.0500. The molecule has 1 aliphatic heterocycles. The van der Waals surface area contributed by atoms with E-state index in [-0.39, 0.29) is 24.7 Å². The summed E-state index contributed by atoms with van der Waals surface area (Å²) in [5.41, 5.74) is 0.130. The zero-order valence-corrected chi connectivity index (χ0v) is 14.9. The van der Waals surface area contributed by atoms with Gasteiger partial charge >= 0.3 is 0 Å². The van der Waals surface area contributed by atoms with Crippen molar-refractivity contribution in [3.05, 3.63) is 41.7 Å². The topological polar surface area (TPSA) is 99.3 Å². The molecule has 1 aromatic carbocycles. The number of sulfonamides is 1. The van der Waals surface area contributed by atoms with Crippen molar-refractivity contribution in [3.63, 3.8) is 0 Å². The molecule has 0 aliphatic carbocycles. The molecule has 1 aromatic heterocycles. The number of hydrogen-bond acceptors (Lipinski definition) is 5. The first kappa shape index (κ1) is 18.4. The Morgan fingerprint density at radius 1 is 1.23 bits per heavy atom. The Kier molecular flexibility index (Phi) is 4.76. The van der Waals surface area contributed by atoms with Gasteiger partial charge in [0.2, 0.25) is 10.0 Å². The zero-order valence-electron chi connectivity index (χ0n) is 14.1. The number of H-pyrrole nitrogens is 1. The smallest absolute Gasteiger partial charge is 0.276 e. The number of carbonyl (C=O) groups excluding carboxylic acids is 1. The second-order valence-electron chi connectivity index (χ2n) is 6.16. The molecular weight excluding hydrogens is 368 g/mol. The fourth-order valence-electron chi connectivity index (χ4n) is 2.98. The summed E-state index contributed by atoms with van der Waals surface area (Å²) >= 11 is 0. The van der Waals surface area contributed by atoms with Gasteiger partial charge in [-0.15, -0.1) is 0 Å². The van der Waals surface area contributed by atoms with E-state index < -0.39 is 38.6 Å². The third-order valence-electron chi connectivity index (χ3n) is 4.30. The van der Waals surface area contributed by atoms with Crippen LogP contribution in [0.2, 0.25) is 0 Å². The fourth-order valence-corrected chi connectivity index (χ4v) is 4.73. The Morgan fingerprint density at radius 3 is 2.58 bits per heavy atom. The quantitative estimate of drug-likeness (QED) is 0.850. The highest BCUT2D eigenvalue weighted by Gasteiger charge is 2.40. The molecule has 2 heterocycles. The number of aromatic nitrogens is 3. The van der Waals surface area contributed by atoms with Crippen LogP contribution in [0.4, 0.5) is 8.78 Å². The summed E-state index contributed by atoms with van der Waals surface area (Å²) < 4.78 is 53.8. The van der Waals surface area contributed by atoms with Crippen LogP contribution in [-0.2, 0) is 10.0 Å². The molecule has 3 rings (SSSR count). The average molecular weight is 385 g/mol. The molecule has 1 fully saturated rings. The van der Waals surface area contributed by atoms with Crippen LogP contribution in [-0.4, -0.2) is 64.1 Å². The molecule has 26 heavy (non-hydrogen) atoms. The highest BCUT2D eigenvalue weighted by molar-refractivity contribution is 7.89. The van der Waals surface area contributed by atoms with Crippen molar-refractivity contribution in [2.24, 2.45) is 0 Å². The van der Waals surface area contributed by atoms with Crippen LogP contribution in [0.15, 0.2) is 29.3 Å². The first-order valence-electron chi connectivity index (χ1n) is 7.85. The summed E-state index contributed by atoms with van der Waals surface area (Å²) in [5, 5.41) is 9.69. The highest BCUT2D eigenvalue weighted by atomic mass is 32.2. The fraction of sp³-hybridized carbons (Fsp3) is 0.400. The highest BCUT2D eigenvalue weighted by Crippen LogP contribution is 2.26. The lowest BCUT2D eigenvalue weighted by Gasteiger charge is -2.42. The van der Waals surface area contributed by atoms with Gasteiger partial charge in [0, 0.05) is 31.2 Å². The molecule has 1 saturated heterocycles. The van der Waals surface area contributed by atoms with Gasteiger partial charge in [-0.05, 0) is 26.0 Å². The summed E-state index contributed by atoms with van der Waals surface area (Å²) in [4.78, 5) is 13.4. The maximum Gasteiger partial charge on any atom is 0.276 e. The summed E-state index contributed by atoms with van der Waals surface area (Å²) in [6, 6.07) is 1.27. The van der Waals surface area contributed by atoms with Crippen molar-refractivity contribution in [2.75, 3.05) is 13.1 Å². The van der Waals surface area contributed by atoms with Gasteiger partial charge in [0.25, 0.3) is 5.91 Å². The molecule has 8 nitrogen and oxygen atoms in total. The molecule has 0 bridgehead atoms. The molecule has 0 saturated carbocycles. The van der Waals surface area contributed by atoms with Crippen LogP contribution in [0.5, 0.6) is 0 Å². The summed E-state index contributed by atoms with van der Waals surface area (Å²) in [5.74, 6) is -2.38. The molecule has 1 aliphatic rings. The Bertz CT molecular complexity index is 919. The van der Waals surface area contributed by atoms with Crippen LogP contribution < -0.4 is 0 Å². The number of aromatic amines is 1. The Morgan fingerprint density at radius 2 is 1.96 bits per heavy atom. The van der Waals surface area contributed by atoms with E-state index in [2.05, 4.69) is 15.4 Å². The zero-order chi connectivity index (χ0) is 19.1. The average Bonchev–Trinajstić information content (AvgIpc) is 3.10. The van der Waals surface area contributed by atoms with E-state index in [0.29, 0.717) is 6.07 Å². The van der Waals surface area contributed by atoms with E-state index in [0.717, 1.165) is 16.4 Å². The van der Waals surface area contributed by atoms with Gasteiger partial charge in [-0.3, -0.25) is 4.79 Å². The monoisotopic (exact) mass is 385 g/mol. The van der Waals surface area contributed by atoms with Gasteiger partial charge < -0.3 is 4.90 Å². The predicted molar refractivity (Wildman–Crippen MR) is 86.6 cm³/mol. The number of benzene rings is 1. The standard InChI is InChI=1S/C15H17F2N5O3S/c1-9-8-22(26(24,25)14-4-3-11(16)5-12(14)17)10(2)7-21(9)15(23)13-6-18-20-19-13/h3-6,9-10H,7-8H2,1-2H3,(H,18,19,20)/t9-,10+/m0/s1. The van der Waals surface area contributed by atoms with Crippen LogP contribution >= 0.6 is 0 Å². The van der Waals surface area contributed by atoms with Crippen molar-refractivity contribution in [1.82, 2.24) is 24.6 Å². The van der Waals surface area contributed by atoms with Gasteiger partial charge in [0.1, 0.15) is 16.5 Å². The second-order valence-corrected chi connectivity index (χ2v) is 8.02. The van der Waals surface area contributed by atoms with Crippen molar-refractivity contribution in [2.45, 2.75) is 30.8 Å². The van der Waals surface area contributed by atoms with Gasteiger partial charge in [0.15, 0.2) is 5.69 Å². The van der Waals surface area contributed by atoms with E-state index in [9.17, 15) is 22.0 Å². The van der Waals surface area contributed by atoms with E-state index in [1.54, 1.807) is 13.8 Å². The number of halogens is 2. The molecule has 0 radical (unpaired) electrons. The molecule has 1 amide bonds. The van der Waals surface area contributed by atoms with E-state index in [1.807, 2.05) is 0 Å². The van der Waals surface area contributed by atoms with Crippen molar-refractivity contribution in [1.29, 1.82) is 0 Å². The van der Waals surface area contributed by atoms with Crippen LogP contribution in [0.3, 0.4) is 0 Å². The first-order chi connectivity index (χ1) is 12.2. The van der Waals surface area contributed by atoms with Crippen molar-refractivity contribution < 1.29 is 22.0 Å². The molecule has 2 atom stereocenters. The Labute approximate surface area is 148 Å².